The fraction of sp³-hybridized carbons (Fsp3) is 0.303. The molecular weight excluding hydrogens is 605 g/mol. The highest BCUT2D eigenvalue weighted by Crippen LogP contribution is 2.28. The average Bonchev–Trinajstić information content (AvgIpc) is 3.01. The number of nitrogens with zero attached hydrogens (tertiary/aromatic N) is 1. The van der Waals surface area contributed by atoms with Gasteiger partial charge < -0.3 is 30.9 Å². The van der Waals surface area contributed by atoms with E-state index in [-0.39, 0.29) is 13.2 Å². The lowest BCUT2D eigenvalue weighted by Crippen LogP contribution is -2.36. The average molecular weight is 645 g/mol. The SMILES string of the molecule is CCO.CN(Cc1ccc(C(=O)NCC(O)C(=O)O)cc1)c1ccc(C2=CCCCC2)cc1.O=CNc1cc(Cl)cc(Cl)c1. The van der Waals surface area contributed by atoms with E-state index in [1.807, 2.05) is 19.2 Å². The van der Waals surface area contributed by atoms with Crippen molar-refractivity contribution >= 4 is 58.4 Å². The summed E-state index contributed by atoms with van der Waals surface area (Å²) in [4.78, 5) is 34.8. The van der Waals surface area contributed by atoms with Crippen LogP contribution < -0.4 is 15.5 Å². The van der Waals surface area contributed by atoms with Crippen molar-refractivity contribution in [2.75, 3.05) is 30.4 Å². The van der Waals surface area contributed by atoms with Gasteiger partial charge >= 0.3 is 5.97 Å². The molecule has 0 aliphatic heterocycles. The molecule has 0 aromatic heterocycles. The van der Waals surface area contributed by atoms with Crippen molar-refractivity contribution in [1.82, 2.24) is 5.32 Å². The highest BCUT2D eigenvalue weighted by molar-refractivity contribution is 6.35. The number of aliphatic hydroxyl groups excluding tert-OH is 2. The minimum absolute atomic E-state index is 0.250. The Balaban J connectivity index is 0.000000400. The van der Waals surface area contributed by atoms with Crippen LogP contribution in [0, 0.1) is 0 Å². The van der Waals surface area contributed by atoms with Crippen LogP contribution in [-0.4, -0.2) is 59.9 Å². The van der Waals surface area contributed by atoms with Crippen LogP contribution in [0.25, 0.3) is 5.57 Å². The van der Waals surface area contributed by atoms with Gasteiger partial charge in [-0.2, -0.15) is 0 Å². The summed E-state index contributed by atoms with van der Waals surface area (Å²) in [7, 11) is 2.03. The normalized spacial score (nSPS) is 12.6. The maximum Gasteiger partial charge on any atom is 0.334 e. The molecule has 0 radical (unpaired) electrons. The number of rotatable bonds is 10. The molecule has 1 aliphatic carbocycles. The molecule has 0 heterocycles. The fourth-order valence-corrected chi connectivity index (χ4v) is 4.77. The van der Waals surface area contributed by atoms with E-state index in [9.17, 15) is 19.5 Å². The van der Waals surface area contributed by atoms with Gasteiger partial charge in [-0.25, -0.2) is 4.79 Å². The third-order valence-electron chi connectivity index (χ3n) is 6.43. The Morgan fingerprint density at radius 2 is 1.61 bits per heavy atom. The first kappa shape index (κ1) is 36.3. The van der Waals surface area contributed by atoms with E-state index >= 15 is 0 Å². The number of carboxylic acids is 1. The van der Waals surface area contributed by atoms with Crippen molar-refractivity contribution in [1.29, 1.82) is 0 Å². The number of amides is 2. The van der Waals surface area contributed by atoms with Gasteiger partial charge in [0, 0.05) is 47.2 Å². The number of anilines is 2. The number of aliphatic carboxylic acids is 1. The summed E-state index contributed by atoms with van der Waals surface area (Å²) in [5, 5.41) is 31.3. The number of hydrogen-bond donors (Lipinski definition) is 5. The van der Waals surface area contributed by atoms with E-state index in [4.69, 9.17) is 33.4 Å². The quantitative estimate of drug-likeness (QED) is 0.170. The van der Waals surface area contributed by atoms with Crippen LogP contribution in [0.3, 0.4) is 0 Å². The largest absolute Gasteiger partial charge is 0.479 e. The minimum Gasteiger partial charge on any atom is -0.479 e. The molecule has 1 aliphatic rings. The second kappa shape index (κ2) is 19.4. The second-order valence-corrected chi connectivity index (χ2v) is 10.7. The number of carbonyl (C=O) groups is 3. The molecular formula is C33H39Cl2N3O6. The van der Waals surface area contributed by atoms with Crippen LogP contribution in [0.1, 0.15) is 54.1 Å². The Kier molecular flexibility index (Phi) is 16.0. The monoisotopic (exact) mass is 643 g/mol. The van der Waals surface area contributed by atoms with E-state index in [2.05, 4.69) is 45.9 Å². The molecule has 5 N–H and O–H groups in total. The van der Waals surface area contributed by atoms with E-state index < -0.39 is 18.0 Å². The molecule has 0 spiro atoms. The number of nitrogens with one attached hydrogen (secondary N) is 2. The van der Waals surface area contributed by atoms with E-state index in [0.29, 0.717) is 34.3 Å². The van der Waals surface area contributed by atoms with Crippen molar-refractivity contribution in [3.8, 4) is 0 Å². The molecule has 9 nitrogen and oxygen atoms in total. The number of halogens is 2. The molecule has 0 saturated carbocycles. The molecule has 0 bridgehead atoms. The Hall–Kier alpha value is -3.89. The summed E-state index contributed by atoms with van der Waals surface area (Å²) in [6.45, 7) is 2.30. The lowest BCUT2D eigenvalue weighted by atomic mass is 9.93. The Morgan fingerprint density at radius 1 is 1.00 bits per heavy atom. The summed E-state index contributed by atoms with van der Waals surface area (Å²) in [6, 6.07) is 20.6. The van der Waals surface area contributed by atoms with Crippen molar-refractivity contribution < 1.29 is 29.7 Å². The van der Waals surface area contributed by atoms with Crippen LogP contribution in [0.5, 0.6) is 0 Å². The molecule has 4 rings (SSSR count). The summed E-state index contributed by atoms with van der Waals surface area (Å²) in [6.07, 6.45) is 6.19. The maximum atomic E-state index is 12.1. The standard InChI is InChI=1S/C24H28N2O4.C7H5Cl2NO.C2H6O/c1-26(21-13-11-19(12-14-21)18-5-3-2-4-6-18)16-17-7-9-20(10-8-17)23(28)25-15-22(27)24(29)30;8-5-1-6(9)3-7(2-5)10-4-11;1-2-3/h5,7-14,22,27H,2-4,6,15-16H2,1H3,(H,25,28)(H,29,30);1-4H,(H,10,11);3H,2H2,1H3. The van der Waals surface area contributed by atoms with Gasteiger partial charge in [0.2, 0.25) is 6.41 Å². The first-order chi connectivity index (χ1) is 21.1. The van der Waals surface area contributed by atoms with Crippen molar-refractivity contribution in [2.45, 2.75) is 45.3 Å². The summed E-state index contributed by atoms with van der Waals surface area (Å²) < 4.78 is 0. The zero-order valence-corrected chi connectivity index (χ0v) is 26.3. The van der Waals surface area contributed by atoms with Crippen molar-refractivity contribution in [3.05, 3.63) is 99.5 Å². The van der Waals surface area contributed by atoms with Gasteiger partial charge in [-0.3, -0.25) is 9.59 Å². The molecule has 2 amide bonds. The van der Waals surface area contributed by atoms with Gasteiger partial charge in [-0.1, -0.05) is 53.5 Å². The smallest absolute Gasteiger partial charge is 0.334 e. The van der Waals surface area contributed by atoms with Gasteiger partial charge in [-0.15, -0.1) is 0 Å². The molecule has 236 valence electrons. The van der Waals surface area contributed by atoms with Crippen LogP contribution in [0.2, 0.25) is 10.0 Å². The number of benzene rings is 3. The molecule has 11 heteroatoms. The first-order valence-electron chi connectivity index (χ1n) is 14.1. The Labute approximate surface area is 268 Å². The highest BCUT2D eigenvalue weighted by atomic mass is 35.5. The van der Waals surface area contributed by atoms with Crippen molar-refractivity contribution in [3.63, 3.8) is 0 Å². The zero-order chi connectivity index (χ0) is 32.5. The Morgan fingerprint density at radius 3 is 2.14 bits per heavy atom. The lowest BCUT2D eigenvalue weighted by molar-refractivity contribution is -0.146. The van der Waals surface area contributed by atoms with Gasteiger partial charge in [0.15, 0.2) is 6.10 Å². The van der Waals surface area contributed by atoms with Gasteiger partial charge in [-0.05, 0) is 91.8 Å². The number of allylic oxidation sites excluding steroid dienone is 2. The second-order valence-electron chi connectivity index (χ2n) is 9.88. The van der Waals surface area contributed by atoms with Crippen LogP contribution in [-0.2, 0) is 16.1 Å². The van der Waals surface area contributed by atoms with E-state index in [1.165, 1.54) is 30.4 Å². The molecule has 44 heavy (non-hydrogen) atoms. The van der Waals surface area contributed by atoms with Crippen molar-refractivity contribution in [2.24, 2.45) is 0 Å². The summed E-state index contributed by atoms with van der Waals surface area (Å²) in [5.74, 6) is -1.78. The number of carboxylic acid groups (broad SMARTS) is 1. The number of aliphatic hydroxyl groups is 2. The maximum absolute atomic E-state index is 12.1. The zero-order valence-electron chi connectivity index (χ0n) is 24.8. The molecule has 0 saturated heterocycles. The summed E-state index contributed by atoms with van der Waals surface area (Å²) in [5.41, 5.74) is 5.94. The van der Waals surface area contributed by atoms with Crippen LogP contribution >= 0.6 is 23.2 Å². The number of hydrogen-bond acceptors (Lipinski definition) is 6. The molecule has 3 aromatic carbocycles. The van der Waals surface area contributed by atoms with Crippen LogP contribution in [0.4, 0.5) is 11.4 Å². The summed E-state index contributed by atoms with van der Waals surface area (Å²) >= 11 is 11.3. The molecule has 1 atom stereocenters. The van der Waals surface area contributed by atoms with Crippen LogP contribution in [0.15, 0.2) is 72.8 Å². The topological polar surface area (TPSA) is 139 Å². The van der Waals surface area contributed by atoms with Gasteiger partial charge in [0.05, 0.1) is 6.54 Å². The molecule has 0 fully saturated rings. The predicted octanol–water partition coefficient (Wildman–Crippen LogP) is 6.02. The third kappa shape index (κ3) is 12.8. The van der Waals surface area contributed by atoms with Gasteiger partial charge in [0.25, 0.3) is 5.91 Å². The third-order valence-corrected chi connectivity index (χ3v) is 6.87. The lowest BCUT2D eigenvalue weighted by Gasteiger charge is -2.21. The minimum atomic E-state index is -1.61. The highest BCUT2D eigenvalue weighted by Gasteiger charge is 2.15. The van der Waals surface area contributed by atoms with E-state index in [1.54, 1.807) is 37.3 Å². The van der Waals surface area contributed by atoms with Gasteiger partial charge in [0.1, 0.15) is 0 Å². The molecule has 3 aromatic rings. The van der Waals surface area contributed by atoms with E-state index in [0.717, 1.165) is 17.7 Å². The Bertz CT molecular complexity index is 1360. The predicted molar refractivity (Wildman–Crippen MR) is 176 cm³/mol. The number of carbonyl (C=O) groups excluding carboxylic acids is 2. The molecule has 1 unspecified atom stereocenters. The fourth-order valence-electron chi connectivity index (χ4n) is 4.24. The first-order valence-corrected chi connectivity index (χ1v) is 14.9.